The first-order valence-electron chi connectivity index (χ1n) is 4.58. The van der Waals surface area contributed by atoms with Crippen LogP contribution in [0.15, 0.2) is 17.8 Å². The minimum Gasteiger partial charge on any atom is -0.465 e. The molecule has 0 aromatic carbocycles. The average molecular weight is 247 g/mol. The molecular formula is C11H9N3O2S. The van der Waals surface area contributed by atoms with Crippen molar-refractivity contribution in [2.45, 2.75) is 6.92 Å². The molecule has 1 N–H and O–H groups in total. The van der Waals surface area contributed by atoms with Crippen molar-refractivity contribution in [1.29, 1.82) is 10.5 Å². The van der Waals surface area contributed by atoms with Gasteiger partial charge in [-0.05, 0) is 18.6 Å². The van der Waals surface area contributed by atoms with Gasteiger partial charge in [0, 0.05) is 6.20 Å². The number of nitriles is 2. The lowest BCUT2D eigenvalue weighted by Crippen LogP contribution is -1.99. The Morgan fingerprint density at radius 2 is 2.18 bits per heavy atom. The van der Waals surface area contributed by atoms with Crippen LogP contribution in [0.1, 0.15) is 15.2 Å². The van der Waals surface area contributed by atoms with Gasteiger partial charge in [-0.3, -0.25) is 0 Å². The third-order valence-electron chi connectivity index (χ3n) is 1.89. The summed E-state index contributed by atoms with van der Waals surface area (Å²) in [6.45, 7) is 1.78. The number of thiophene rings is 1. The summed E-state index contributed by atoms with van der Waals surface area (Å²) in [5, 5.41) is 20.5. The molecule has 0 fully saturated rings. The zero-order valence-corrected chi connectivity index (χ0v) is 10.1. The summed E-state index contributed by atoms with van der Waals surface area (Å²) in [6, 6.07) is 5.21. The number of hydrogen-bond acceptors (Lipinski definition) is 6. The Hall–Kier alpha value is -2.31. The topological polar surface area (TPSA) is 85.9 Å². The Balaban J connectivity index is 2.90. The number of ether oxygens (including phenoxy) is 1. The zero-order valence-electron chi connectivity index (χ0n) is 9.27. The summed E-state index contributed by atoms with van der Waals surface area (Å²) in [4.78, 5) is 11.8. The van der Waals surface area contributed by atoms with Gasteiger partial charge in [-0.15, -0.1) is 11.3 Å². The van der Waals surface area contributed by atoms with E-state index in [2.05, 4.69) is 10.1 Å². The van der Waals surface area contributed by atoms with Crippen molar-refractivity contribution >= 4 is 22.3 Å². The molecule has 0 radical (unpaired) electrons. The number of rotatable bonds is 3. The highest BCUT2D eigenvalue weighted by Crippen LogP contribution is 2.27. The molecule has 86 valence electrons. The number of hydrogen-bond donors (Lipinski definition) is 1. The second kappa shape index (κ2) is 5.69. The number of nitrogens with one attached hydrogen (secondary N) is 1. The summed E-state index contributed by atoms with van der Waals surface area (Å²) in [7, 11) is 1.32. The van der Waals surface area contributed by atoms with Gasteiger partial charge in [0.15, 0.2) is 0 Å². The van der Waals surface area contributed by atoms with Crippen molar-refractivity contribution in [3.05, 3.63) is 28.3 Å². The van der Waals surface area contributed by atoms with Crippen LogP contribution in [0.4, 0.5) is 5.00 Å². The van der Waals surface area contributed by atoms with E-state index < -0.39 is 5.97 Å². The minimum atomic E-state index is -0.398. The van der Waals surface area contributed by atoms with Crippen molar-refractivity contribution in [3.63, 3.8) is 0 Å². The number of esters is 1. The van der Waals surface area contributed by atoms with Crippen LogP contribution >= 0.6 is 11.3 Å². The van der Waals surface area contributed by atoms with Gasteiger partial charge in [-0.2, -0.15) is 10.5 Å². The maximum absolute atomic E-state index is 11.3. The van der Waals surface area contributed by atoms with Crippen LogP contribution in [0.25, 0.3) is 0 Å². The lowest BCUT2D eigenvalue weighted by molar-refractivity contribution is 0.0605. The largest absolute Gasteiger partial charge is 0.465 e. The quantitative estimate of drug-likeness (QED) is 0.653. The molecule has 5 nitrogen and oxygen atoms in total. The molecule has 0 amide bonds. The van der Waals surface area contributed by atoms with E-state index in [4.69, 9.17) is 10.5 Å². The SMILES string of the molecule is COC(=O)c1sc(NC=C(C#N)C#N)cc1C. The Morgan fingerprint density at radius 3 is 2.71 bits per heavy atom. The standard InChI is InChI=1S/C11H9N3O2S/c1-7-3-9(14-6-8(4-12)5-13)17-10(7)11(15)16-2/h3,6,14H,1-2H3. The Morgan fingerprint density at radius 1 is 1.53 bits per heavy atom. The molecule has 17 heavy (non-hydrogen) atoms. The number of nitrogens with zero attached hydrogens (tertiary/aromatic N) is 2. The summed E-state index contributed by atoms with van der Waals surface area (Å²) < 4.78 is 4.62. The molecular weight excluding hydrogens is 238 g/mol. The van der Waals surface area contributed by atoms with Gasteiger partial charge in [-0.1, -0.05) is 0 Å². The van der Waals surface area contributed by atoms with Crippen LogP contribution in [-0.2, 0) is 4.74 Å². The maximum Gasteiger partial charge on any atom is 0.348 e. The number of aryl methyl sites for hydroxylation is 1. The lowest BCUT2D eigenvalue weighted by Gasteiger charge is -1.95. The van der Waals surface area contributed by atoms with Crippen LogP contribution in [-0.4, -0.2) is 13.1 Å². The van der Waals surface area contributed by atoms with E-state index >= 15 is 0 Å². The molecule has 1 aromatic heterocycles. The van der Waals surface area contributed by atoms with Crippen LogP contribution < -0.4 is 5.32 Å². The zero-order chi connectivity index (χ0) is 12.8. The Labute approximate surface area is 103 Å². The van der Waals surface area contributed by atoms with Crippen molar-refractivity contribution in [3.8, 4) is 12.1 Å². The van der Waals surface area contributed by atoms with E-state index in [0.717, 1.165) is 5.56 Å². The highest BCUT2D eigenvalue weighted by molar-refractivity contribution is 7.18. The fourth-order valence-electron chi connectivity index (χ4n) is 1.08. The van der Waals surface area contributed by atoms with Crippen molar-refractivity contribution < 1.29 is 9.53 Å². The first kappa shape index (κ1) is 12.8. The molecule has 0 unspecified atom stereocenters. The summed E-state index contributed by atoms with van der Waals surface area (Å²) in [5.74, 6) is -0.398. The number of carbonyl (C=O) groups excluding carboxylic acids is 1. The molecule has 0 saturated carbocycles. The molecule has 0 aliphatic rings. The van der Waals surface area contributed by atoms with E-state index in [9.17, 15) is 4.79 Å². The van der Waals surface area contributed by atoms with Gasteiger partial charge in [0.25, 0.3) is 0 Å². The van der Waals surface area contributed by atoms with Gasteiger partial charge in [0.05, 0.1) is 12.1 Å². The van der Waals surface area contributed by atoms with Gasteiger partial charge in [-0.25, -0.2) is 4.79 Å². The Kier molecular flexibility index (Phi) is 4.27. The first-order chi connectivity index (χ1) is 8.12. The van der Waals surface area contributed by atoms with Gasteiger partial charge in [0.2, 0.25) is 0 Å². The predicted molar refractivity (Wildman–Crippen MR) is 63.3 cm³/mol. The average Bonchev–Trinajstić information content (AvgIpc) is 2.71. The van der Waals surface area contributed by atoms with Crippen LogP contribution in [0.5, 0.6) is 0 Å². The van der Waals surface area contributed by atoms with Crippen molar-refractivity contribution in [2.75, 3.05) is 12.4 Å². The second-order valence-corrected chi connectivity index (χ2v) is 4.09. The molecule has 0 spiro atoms. The van der Waals surface area contributed by atoms with Gasteiger partial charge >= 0.3 is 5.97 Å². The highest BCUT2D eigenvalue weighted by Gasteiger charge is 2.13. The summed E-state index contributed by atoms with van der Waals surface area (Å²) in [5.41, 5.74) is 0.754. The smallest absolute Gasteiger partial charge is 0.348 e. The number of methoxy groups -OCH3 is 1. The summed E-state index contributed by atoms with van der Waals surface area (Å²) in [6.07, 6.45) is 1.30. The fraction of sp³-hybridized carbons (Fsp3) is 0.182. The van der Waals surface area contributed by atoms with E-state index in [-0.39, 0.29) is 5.57 Å². The Bertz CT molecular complexity index is 530. The molecule has 0 aliphatic heterocycles. The summed E-state index contributed by atoms with van der Waals surface area (Å²) >= 11 is 1.21. The van der Waals surface area contributed by atoms with E-state index in [0.29, 0.717) is 9.88 Å². The number of carbonyl (C=O) groups is 1. The van der Waals surface area contributed by atoms with Crippen LogP contribution in [0.2, 0.25) is 0 Å². The molecule has 1 rings (SSSR count). The van der Waals surface area contributed by atoms with Crippen LogP contribution in [0, 0.1) is 29.6 Å². The lowest BCUT2D eigenvalue weighted by atomic mass is 10.3. The number of anilines is 1. The third kappa shape index (κ3) is 3.07. The third-order valence-corrected chi connectivity index (χ3v) is 3.04. The molecule has 6 heteroatoms. The molecule has 0 bridgehead atoms. The highest BCUT2D eigenvalue weighted by atomic mass is 32.1. The molecule has 0 atom stereocenters. The maximum atomic E-state index is 11.3. The fourth-order valence-corrected chi connectivity index (χ4v) is 2.04. The van der Waals surface area contributed by atoms with E-state index in [1.54, 1.807) is 25.1 Å². The molecule has 0 saturated heterocycles. The van der Waals surface area contributed by atoms with Crippen LogP contribution in [0.3, 0.4) is 0 Å². The van der Waals surface area contributed by atoms with Crippen molar-refractivity contribution in [2.24, 2.45) is 0 Å². The van der Waals surface area contributed by atoms with Crippen molar-refractivity contribution in [1.82, 2.24) is 0 Å². The number of allylic oxidation sites excluding steroid dienone is 1. The second-order valence-electron chi connectivity index (χ2n) is 3.04. The normalized spacial score (nSPS) is 8.71. The predicted octanol–water partition coefficient (Wildman–Crippen LogP) is 2.19. The van der Waals surface area contributed by atoms with E-state index in [1.165, 1.54) is 24.6 Å². The minimum absolute atomic E-state index is 0.0318. The van der Waals surface area contributed by atoms with E-state index in [1.807, 2.05) is 0 Å². The van der Waals surface area contributed by atoms with Gasteiger partial charge < -0.3 is 10.1 Å². The molecule has 1 heterocycles. The van der Waals surface area contributed by atoms with Gasteiger partial charge in [0.1, 0.15) is 22.6 Å². The molecule has 1 aromatic rings. The molecule has 0 aliphatic carbocycles. The first-order valence-corrected chi connectivity index (χ1v) is 5.39. The monoisotopic (exact) mass is 247 g/mol.